The number of hydrogen-bond donors (Lipinski definition) is 2. The zero-order chi connectivity index (χ0) is 17.5. The van der Waals surface area contributed by atoms with Gasteiger partial charge in [-0.25, -0.2) is 0 Å². The van der Waals surface area contributed by atoms with Crippen LogP contribution in [0.15, 0.2) is 48.5 Å². The number of carbonyl (C=O) groups is 2. The second-order valence-corrected chi connectivity index (χ2v) is 5.94. The number of hydrogen-bond acceptors (Lipinski definition) is 3. The summed E-state index contributed by atoms with van der Waals surface area (Å²) in [6, 6.07) is 13.5. The molecule has 2 aromatic carbocycles. The highest BCUT2D eigenvalue weighted by molar-refractivity contribution is 6.30. The first-order chi connectivity index (χ1) is 11.4. The SMILES string of the molecule is CC(C)NC(=O)c1cccc(NC(=O)COc2ccc(Cl)cc2)c1. The molecular weight excluding hydrogens is 328 g/mol. The standard InChI is InChI=1S/C18H19ClN2O3/c1-12(2)20-18(23)13-4-3-5-15(10-13)21-17(22)11-24-16-8-6-14(19)7-9-16/h3-10,12H,11H2,1-2H3,(H,20,23)(H,21,22). The van der Waals surface area contributed by atoms with Crippen LogP contribution in [0.3, 0.4) is 0 Å². The minimum Gasteiger partial charge on any atom is -0.484 e. The average Bonchev–Trinajstić information content (AvgIpc) is 2.54. The van der Waals surface area contributed by atoms with Crippen molar-refractivity contribution in [2.24, 2.45) is 0 Å². The predicted octanol–water partition coefficient (Wildman–Crippen LogP) is 3.50. The van der Waals surface area contributed by atoms with Crippen molar-refractivity contribution in [3.63, 3.8) is 0 Å². The van der Waals surface area contributed by atoms with Gasteiger partial charge in [0.05, 0.1) is 0 Å². The Kier molecular flexibility index (Phi) is 6.21. The smallest absolute Gasteiger partial charge is 0.262 e. The lowest BCUT2D eigenvalue weighted by Gasteiger charge is -2.10. The molecule has 0 radical (unpaired) electrons. The Bertz CT molecular complexity index is 714. The second-order valence-electron chi connectivity index (χ2n) is 5.50. The summed E-state index contributed by atoms with van der Waals surface area (Å²) >= 11 is 5.79. The van der Waals surface area contributed by atoms with E-state index in [1.54, 1.807) is 48.5 Å². The Morgan fingerprint density at radius 1 is 1.12 bits per heavy atom. The van der Waals surface area contributed by atoms with Gasteiger partial charge in [-0.1, -0.05) is 17.7 Å². The Balaban J connectivity index is 1.91. The van der Waals surface area contributed by atoms with E-state index in [0.29, 0.717) is 22.0 Å². The van der Waals surface area contributed by atoms with E-state index in [0.717, 1.165) is 0 Å². The normalized spacial score (nSPS) is 10.3. The summed E-state index contributed by atoms with van der Waals surface area (Å²) in [5, 5.41) is 6.11. The molecule has 5 nitrogen and oxygen atoms in total. The second kappa shape index (κ2) is 8.36. The van der Waals surface area contributed by atoms with Crippen LogP contribution in [0.4, 0.5) is 5.69 Å². The van der Waals surface area contributed by atoms with Crippen molar-refractivity contribution < 1.29 is 14.3 Å². The molecule has 2 amide bonds. The fourth-order valence-corrected chi connectivity index (χ4v) is 2.09. The van der Waals surface area contributed by atoms with Crippen molar-refractivity contribution in [1.29, 1.82) is 0 Å². The van der Waals surface area contributed by atoms with Gasteiger partial charge in [-0.2, -0.15) is 0 Å². The van der Waals surface area contributed by atoms with E-state index in [1.807, 2.05) is 13.8 Å². The number of nitrogens with one attached hydrogen (secondary N) is 2. The zero-order valence-corrected chi connectivity index (χ0v) is 14.3. The lowest BCUT2D eigenvalue weighted by atomic mass is 10.2. The number of halogens is 1. The van der Waals surface area contributed by atoms with E-state index in [-0.39, 0.29) is 24.5 Å². The van der Waals surface area contributed by atoms with Crippen molar-refractivity contribution in [2.75, 3.05) is 11.9 Å². The lowest BCUT2D eigenvalue weighted by molar-refractivity contribution is -0.118. The molecule has 2 N–H and O–H groups in total. The summed E-state index contributed by atoms with van der Waals surface area (Å²) in [7, 11) is 0. The molecule has 6 heteroatoms. The molecule has 126 valence electrons. The van der Waals surface area contributed by atoms with E-state index in [9.17, 15) is 9.59 Å². The third kappa shape index (κ3) is 5.59. The number of ether oxygens (including phenoxy) is 1. The Morgan fingerprint density at radius 2 is 1.83 bits per heavy atom. The molecule has 0 heterocycles. The van der Waals surface area contributed by atoms with Crippen LogP contribution in [0.1, 0.15) is 24.2 Å². The van der Waals surface area contributed by atoms with Gasteiger partial charge in [0.1, 0.15) is 5.75 Å². The first-order valence-corrected chi connectivity index (χ1v) is 7.91. The number of benzene rings is 2. The molecule has 0 fully saturated rings. The maximum Gasteiger partial charge on any atom is 0.262 e. The van der Waals surface area contributed by atoms with Gasteiger partial charge in [-0.05, 0) is 56.3 Å². The summed E-state index contributed by atoms with van der Waals surface area (Å²) < 4.78 is 5.38. The van der Waals surface area contributed by atoms with E-state index >= 15 is 0 Å². The molecule has 0 aromatic heterocycles. The molecule has 0 aliphatic rings. The highest BCUT2D eigenvalue weighted by Crippen LogP contribution is 2.16. The van der Waals surface area contributed by atoms with Crippen LogP contribution in [-0.4, -0.2) is 24.5 Å². The maximum atomic E-state index is 12.0. The molecule has 0 aliphatic heterocycles. The number of rotatable bonds is 6. The largest absolute Gasteiger partial charge is 0.484 e. The molecule has 0 aliphatic carbocycles. The van der Waals surface area contributed by atoms with Crippen LogP contribution in [0.2, 0.25) is 5.02 Å². The molecule has 0 bridgehead atoms. The Hall–Kier alpha value is -2.53. The quantitative estimate of drug-likeness (QED) is 0.841. The van der Waals surface area contributed by atoms with Gasteiger partial charge < -0.3 is 15.4 Å². The van der Waals surface area contributed by atoms with Crippen LogP contribution in [0.25, 0.3) is 0 Å². The van der Waals surface area contributed by atoms with Crippen LogP contribution in [-0.2, 0) is 4.79 Å². The summed E-state index contributed by atoms with van der Waals surface area (Å²) in [6.45, 7) is 3.64. The summed E-state index contributed by atoms with van der Waals surface area (Å²) in [5.41, 5.74) is 1.02. The Morgan fingerprint density at radius 3 is 2.50 bits per heavy atom. The Labute approximate surface area is 146 Å². The van der Waals surface area contributed by atoms with Gasteiger partial charge in [-0.3, -0.25) is 9.59 Å². The highest BCUT2D eigenvalue weighted by Gasteiger charge is 2.09. The van der Waals surface area contributed by atoms with Crippen LogP contribution in [0.5, 0.6) is 5.75 Å². The van der Waals surface area contributed by atoms with Gasteiger partial charge in [-0.15, -0.1) is 0 Å². The van der Waals surface area contributed by atoms with Gasteiger partial charge in [0.2, 0.25) is 0 Å². The van der Waals surface area contributed by atoms with Gasteiger partial charge in [0, 0.05) is 22.3 Å². The van der Waals surface area contributed by atoms with Gasteiger partial charge in [0.25, 0.3) is 11.8 Å². The zero-order valence-electron chi connectivity index (χ0n) is 13.5. The van der Waals surface area contributed by atoms with Crippen molar-refractivity contribution in [2.45, 2.75) is 19.9 Å². The molecule has 0 spiro atoms. The molecule has 0 atom stereocenters. The lowest BCUT2D eigenvalue weighted by Crippen LogP contribution is -2.30. The van der Waals surface area contributed by atoms with Crippen molar-refractivity contribution in [1.82, 2.24) is 5.32 Å². The molecule has 0 saturated heterocycles. The number of carbonyl (C=O) groups excluding carboxylic acids is 2. The summed E-state index contributed by atoms with van der Waals surface area (Å²) in [4.78, 5) is 23.9. The van der Waals surface area contributed by atoms with Crippen LogP contribution in [0, 0.1) is 0 Å². The first kappa shape index (κ1) is 17.8. The summed E-state index contributed by atoms with van der Waals surface area (Å²) in [5.74, 6) is 0.0597. The maximum absolute atomic E-state index is 12.0. The number of amides is 2. The molecule has 0 unspecified atom stereocenters. The summed E-state index contributed by atoms with van der Waals surface area (Å²) in [6.07, 6.45) is 0. The first-order valence-electron chi connectivity index (χ1n) is 7.53. The number of anilines is 1. The average molecular weight is 347 g/mol. The monoisotopic (exact) mass is 346 g/mol. The molecule has 2 rings (SSSR count). The van der Waals surface area contributed by atoms with E-state index in [2.05, 4.69) is 10.6 Å². The van der Waals surface area contributed by atoms with E-state index in [4.69, 9.17) is 16.3 Å². The van der Waals surface area contributed by atoms with E-state index < -0.39 is 0 Å². The minimum absolute atomic E-state index is 0.0449. The van der Waals surface area contributed by atoms with Crippen molar-refractivity contribution in [3.05, 3.63) is 59.1 Å². The third-order valence-electron chi connectivity index (χ3n) is 3.01. The fourth-order valence-electron chi connectivity index (χ4n) is 1.96. The molecular formula is C18H19ClN2O3. The van der Waals surface area contributed by atoms with Crippen LogP contribution >= 0.6 is 11.6 Å². The van der Waals surface area contributed by atoms with Crippen LogP contribution < -0.4 is 15.4 Å². The predicted molar refractivity (Wildman–Crippen MR) is 94.6 cm³/mol. The van der Waals surface area contributed by atoms with E-state index in [1.165, 1.54) is 0 Å². The topological polar surface area (TPSA) is 67.4 Å². The van der Waals surface area contributed by atoms with Gasteiger partial charge >= 0.3 is 0 Å². The minimum atomic E-state index is -0.314. The fraction of sp³-hybridized carbons (Fsp3) is 0.222. The molecule has 0 saturated carbocycles. The van der Waals surface area contributed by atoms with Crippen molar-refractivity contribution in [3.8, 4) is 5.75 Å². The molecule has 24 heavy (non-hydrogen) atoms. The third-order valence-corrected chi connectivity index (χ3v) is 3.26. The van der Waals surface area contributed by atoms with Gasteiger partial charge in [0.15, 0.2) is 6.61 Å². The highest BCUT2D eigenvalue weighted by atomic mass is 35.5. The molecule has 2 aromatic rings. The van der Waals surface area contributed by atoms with Crippen molar-refractivity contribution >= 4 is 29.1 Å².